The van der Waals surface area contributed by atoms with E-state index in [1.165, 1.54) is 7.11 Å². The molecule has 0 spiro atoms. The number of pyridine rings is 1. The Kier molecular flexibility index (Phi) is 3.58. The molecule has 1 fully saturated rings. The largest absolute Gasteiger partial charge is 0.480 e. The van der Waals surface area contributed by atoms with Crippen molar-refractivity contribution in [3.8, 4) is 5.88 Å². The minimum atomic E-state index is -0.0223. The van der Waals surface area contributed by atoms with Gasteiger partial charge in [-0.25, -0.2) is 4.98 Å². The molecule has 0 aromatic carbocycles. The smallest absolute Gasteiger partial charge is 0.259 e. The molecule has 1 amide bonds. The van der Waals surface area contributed by atoms with Gasteiger partial charge in [-0.2, -0.15) is 0 Å². The summed E-state index contributed by atoms with van der Waals surface area (Å²) in [5.41, 5.74) is 6.14. The number of rotatable bonds is 3. The number of carbonyl (C=O) groups excluding carboxylic acids is 1. The van der Waals surface area contributed by atoms with Gasteiger partial charge in [-0.3, -0.25) is 4.79 Å². The SMILES string of the molecule is COc1ncccc1C(=O)N1CCC(CN)C1. The summed E-state index contributed by atoms with van der Waals surface area (Å²) < 4.78 is 5.10. The van der Waals surface area contributed by atoms with Crippen LogP contribution in [0, 0.1) is 5.92 Å². The van der Waals surface area contributed by atoms with E-state index in [1.54, 1.807) is 18.3 Å². The first-order valence-electron chi connectivity index (χ1n) is 5.74. The highest BCUT2D eigenvalue weighted by Gasteiger charge is 2.27. The molecule has 0 aliphatic carbocycles. The minimum Gasteiger partial charge on any atom is -0.480 e. The van der Waals surface area contributed by atoms with Crippen molar-refractivity contribution in [2.24, 2.45) is 11.7 Å². The fraction of sp³-hybridized carbons (Fsp3) is 0.500. The molecule has 1 saturated heterocycles. The third-order valence-corrected chi connectivity index (χ3v) is 3.10. The van der Waals surface area contributed by atoms with E-state index in [9.17, 15) is 4.79 Å². The summed E-state index contributed by atoms with van der Waals surface area (Å²) in [4.78, 5) is 18.1. The monoisotopic (exact) mass is 235 g/mol. The summed E-state index contributed by atoms with van der Waals surface area (Å²) in [6.07, 6.45) is 2.59. The second-order valence-electron chi connectivity index (χ2n) is 4.20. The Bertz CT molecular complexity index is 408. The van der Waals surface area contributed by atoms with Gasteiger partial charge >= 0.3 is 0 Å². The van der Waals surface area contributed by atoms with Gasteiger partial charge in [-0.15, -0.1) is 0 Å². The summed E-state index contributed by atoms with van der Waals surface area (Å²) in [5.74, 6) is 0.779. The number of nitrogens with zero attached hydrogens (tertiary/aromatic N) is 2. The molecule has 1 atom stereocenters. The van der Waals surface area contributed by atoms with Gasteiger partial charge < -0.3 is 15.4 Å². The molecule has 1 aliphatic heterocycles. The van der Waals surface area contributed by atoms with Crippen LogP contribution >= 0.6 is 0 Å². The number of hydrogen-bond donors (Lipinski definition) is 1. The van der Waals surface area contributed by atoms with Gasteiger partial charge in [0.25, 0.3) is 5.91 Å². The van der Waals surface area contributed by atoms with Gasteiger partial charge in [0.2, 0.25) is 5.88 Å². The molecular formula is C12H17N3O2. The van der Waals surface area contributed by atoms with Crippen molar-refractivity contribution < 1.29 is 9.53 Å². The molecule has 5 heteroatoms. The first kappa shape index (κ1) is 11.9. The van der Waals surface area contributed by atoms with Crippen molar-refractivity contribution in [3.05, 3.63) is 23.9 Å². The highest BCUT2D eigenvalue weighted by Crippen LogP contribution is 2.21. The van der Waals surface area contributed by atoms with Crippen molar-refractivity contribution >= 4 is 5.91 Å². The van der Waals surface area contributed by atoms with E-state index in [2.05, 4.69) is 4.98 Å². The van der Waals surface area contributed by atoms with Crippen LogP contribution in [0.2, 0.25) is 0 Å². The summed E-state index contributed by atoms with van der Waals surface area (Å²) in [7, 11) is 1.52. The Balaban J connectivity index is 2.15. The van der Waals surface area contributed by atoms with Crippen LogP contribution in [-0.2, 0) is 0 Å². The zero-order chi connectivity index (χ0) is 12.3. The van der Waals surface area contributed by atoms with Gasteiger partial charge in [0.1, 0.15) is 5.56 Å². The molecule has 1 unspecified atom stereocenters. The van der Waals surface area contributed by atoms with E-state index < -0.39 is 0 Å². The van der Waals surface area contributed by atoms with Crippen molar-refractivity contribution in [1.29, 1.82) is 0 Å². The van der Waals surface area contributed by atoms with E-state index in [0.29, 0.717) is 23.9 Å². The molecule has 1 aromatic rings. The van der Waals surface area contributed by atoms with Crippen LogP contribution in [0.15, 0.2) is 18.3 Å². The van der Waals surface area contributed by atoms with E-state index in [0.717, 1.165) is 19.5 Å². The molecular weight excluding hydrogens is 218 g/mol. The average molecular weight is 235 g/mol. The number of hydrogen-bond acceptors (Lipinski definition) is 4. The van der Waals surface area contributed by atoms with Crippen molar-refractivity contribution in [3.63, 3.8) is 0 Å². The van der Waals surface area contributed by atoms with E-state index in [-0.39, 0.29) is 5.91 Å². The van der Waals surface area contributed by atoms with Crippen LogP contribution in [-0.4, -0.2) is 42.5 Å². The molecule has 2 rings (SSSR count). The molecule has 1 aliphatic rings. The van der Waals surface area contributed by atoms with Crippen molar-refractivity contribution in [2.45, 2.75) is 6.42 Å². The van der Waals surface area contributed by atoms with Crippen molar-refractivity contribution in [2.75, 3.05) is 26.7 Å². The second-order valence-corrected chi connectivity index (χ2v) is 4.20. The highest BCUT2D eigenvalue weighted by atomic mass is 16.5. The Hall–Kier alpha value is -1.62. The van der Waals surface area contributed by atoms with Crippen LogP contribution in [0.3, 0.4) is 0 Å². The predicted octanol–water partition coefficient (Wildman–Crippen LogP) is 0.511. The average Bonchev–Trinajstić information content (AvgIpc) is 2.86. The van der Waals surface area contributed by atoms with Crippen LogP contribution in [0.1, 0.15) is 16.8 Å². The quantitative estimate of drug-likeness (QED) is 0.829. The van der Waals surface area contributed by atoms with Gasteiger partial charge in [0, 0.05) is 19.3 Å². The third-order valence-electron chi connectivity index (χ3n) is 3.10. The van der Waals surface area contributed by atoms with Crippen LogP contribution in [0.4, 0.5) is 0 Å². The lowest BCUT2D eigenvalue weighted by Gasteiger charge is -2.17. The lowest BCUT2D eigenvalue weighted by atomic mass is 10.1. The maximum Gasteiger partial charge on any atom is 0.259 e. The maximum atomic E-state index is 12.3. The molecule has 0 bridgehead atoms. The maximum absolute atomic E-state index is 12.3. The minimum absolute atomic E-state index is 0.0223. The topological polar surface area (TPSA) is 68.5 Å². The van der Waals surface area contributed by atoms with Gasteiger partial charge in [0.05, 0.1) is 7.11 Å². The Morgan fingerprint density at radius 1 is 1.71 bits per heavy atom. The third kappa shape index (κ3) is 2.39. The summed E-state index contributed by atoms with van der Waals surface area (Å²) in [5, 5.41) is 0. The van der Waals surface area contributed by atoms with Crippen LogP contribution < -0.4 is 10.5 Å². The highest BCUT2D eigenvalue weighted by molar-refractivity contribution is 5.96. The molecule has 17 heavy (non-hydrogen) atoms. The predicted molar refractivity (Wildman–Crippen MR) is 63.9 cm³/mol. The first-order chi connectivity index (χ1) is 8.26. The molecule has 92 valence electrons. The number of carbonyl (C=O) groups is 1. The number of nitrogens with two attached hydrogens (primary N) is 1. The van der Waals surface area contributed by atoms with Gasteiger partial charge in [-0.05, 0) is 31.0 Å². The summed E-state index contributed by atoms with van der Waals surface area (Å²) in [6.45, 7) is 2.13. The van der Waals surface area contributed by atoms with E-state index in [1.807, 2.05) is 4.90 Å². The standard InChI is InChI=1S/C12H17N3O2/c1-17-11-10(3-2-5-14-11)12(16)15-6-4-9(7-13)8-15/h2-3,5,9H,4,6-8,13H2,1H3. The number of aromatic nitrogens is 1. The van der Waals surface area contributed by atoms with Crippen molar-refractivity contribution in [1.82, 2.24) is 9.88 Å². The zero-order valence-electron chi connectivity index (χ0n) is 9.93. The van der Waals surface area contributed by atoms with Crippen LogP contribution in [0.5, 0.6) is 5.88 Å². The lowest BCUT2D eigenvalue weighted by Crippen LogP contribution is -2.30. The molecule has 5 nitrogen and oxygen atoms in total. The second kappa shape index (κ2) is 5.14. The van der Waals surface area contributed by atoms with E-state index >= 15 is 0 Å². The summed E-state index contributed by atoms with van der Waals surface area (Å²) >= 11 is 0. The first-order valence-corrected chi connectivity index (χ1v) is 5.74. The number of likely N-dealkylation sites (tertiary alicyclic amines) is 1. The Morgan fingerprint density at radius 2 is 2.53 bits per heavy atom. The fourth-order valence-corrected chi connectivity index (χ4v) is 2.10. The normalized spacial score (nSPS) is 19.4. The molecule has 1 aromatic heterocycles. The molecule has 0 radical (unpaired) electrons. The Labute approximate surface area is 101 Å². The number of methoxy groups -OCH3 is 1. The number of ether oxygens (including phenoxy) is 1. The lowest BCUT2D eigenvalue weighted by molar-refractivity contribution is 0.0783. The Morgan fingerprint density at radius 3 is 3.18 bits per heavy atom. The molecule has 2 heterocycles. The van der Waals surface area contributed by atoms with Gasteiger partial charge in [-0.1, -0.05) is 0 Å². The van der Waals surface area contributed by atoms with Gasteiger partial charge in [0.15, 0.2) is 0 Å². The number of amides is 1. The zero-order valence-corrected chi connectivity index (χ0v) is 9.93. The molecule has 0 saturated carbocycles. The van der Waals surface area contributed by atoms with Crippen LogP contribution in [0.25, 0.3) is 0 Å². The summed E-state index contributed by atoms with van der Waals surface area (Å²) in [6, 6.07) is 3.48. The van der Waals surface area contributed by atoms with E-state index in [4.69, 9.17) is 10.5 Å². The fourth-order valence-electron chi connectivity index (χ4n) is 2.10. The molecule has 2 N–H and O–H groups in total.